The van der Waals surface area contributed by atoms with Crippen LogP contribution in [-0.4, -0.2) is 39.6 Å². The predicted octanol–water partition coefficient (Wildman–Crippen LogP) is 3.98. The molecule has 3 rings (SSSR count). The SMILES string of the molecule is CCCN(CC(=O)Nc1ccccc1C)C(=O)c1ccc(-n2cc(C)cn2)cc1. The molecule has 0 spiro atoms. The van der Waals surface area contributed by atoms with Crippen LogP contribution in [0.4, 0.5) is 5.69 Å². The number of aryl methyl sites for hydroxylation is 2. The molecule has 0 aliphatic heterocycles. The van der Waals surface area contributed by atoms with Crippen LogP contribution in [-0.2, 0) is 4.79 Å². The first-order valence-electron chi connectivity index (χ1n) is 9.74. The van der Waals surface area contributed by atoms with Gasteiger partial charge in [0.05, 0.1) is 11.9 Å². The van der Waals surface area contributed by atoms with E-state index in [1.807, 2.05) is 63.4 Å². The van der Waals surface area contributed by atoms with Gasteiger partial charge in [-0.05, 0) is 61.7 Å². The zero-order valence-corrected chi connectivity index (χ0v) is 17.1. The lowest BCUT2D eigenvalue weighted by atomic mass is 10.1. The number of carbonyl (C=O) groups is 2. The van der Waals surface area contributed by atoms with E-state index in [0.29, 0.717) is 12.1 Å². The monoisotopic (exact) mass is 390 g/mol. The van der Waals surface area contributed by atoms with Crippen molar-refractivity contribution in [3.63, 3.8) is 0 Å². The van der Waals surface area contributed by atoms with Crippen molar-refractivity contribution in [1.29, 1.82) is 0 Å². The van der Waals surface area contributed by atoms with Crippen LogP contribution in [0.25, 0.3) is 5.69 Å². The normalized spacial score (nSPS) is 10.6. The summed E-state index contributed by atoms with van der Waals surface area (Å²) in [5, 5.41) is 7.17. The molecule has 0 atom stereocenters. The topological polar surface area (TPSA) is 67.2 Å². The highest BCUT2D eigenvalue weighted by Crippen LogP contribution is 2.15. The molecule has 6 nitrogen and oxygen atoms in total. The molecule has 0 saturated carbocycles. The van der Waals surface area contributed by atoms with Crippen molar-refractivity contribution in [1.82, 2.24) is 14.7 Å². The Kier molecular flexibility index (Phi) is 6.44. The fraction of sp³-hybridized carbons (Fsp3) is 0.261. The Balaban J connectivity index is 1.70. The molecule has 0 aliphatic carbocycles. The molecule has 0 fully saturated rings. The summed E-state index contributed by atoms with van der Waals surface area (Å²) in [6, 6.07) is 14.9. The zero-order valence-electron chi connectivity index (χ0n) is 17.1. The van der Waals surface area contributed by atoms with E-state index in [-0.39, 0.29) is 18.4 Å². The van der Waals surface area contributed by atoms with E-state index in [0.717, 1.165) is 28.9 Å². The van der Waals surface area contributed by atoms with Gasteiger partial charge in [0.2, 0.25) is 5.91 Å². The second kappa shape index (κ2) is 9.19. The fourth-order valence-electron chi connectivity index (χ4n) is 3.09. The molecule has 0 saturated heterocycles. The second-order valence-corrected chi connectivity index (χ2v) is 7.10. The number of nitrogens with one attached hydrogen (secondary N) is 1. The number of aromatic nitrogens is 2. The summed E-state index contributed by atoms with van der Waals surface area (Å²) in [6.07, 6.45) is 4.49. The molecule has 2 aromatic carbocycles. The van der Waals surface area contributed by atoms with E-state index in [2.05, 4.69) is 10.4 Å². The van der Waals surface area contributed by atoms with Gasteiger partial charge in [0.15, 0.2) is 0 Å². The van der Waals surface area contributed by atoms with Gasteiger partial charge < -0.3 is 10.2 Å². The van der Waals surface area contributed by atoms with E-state index in [9.17, 15) is 9.59 Å². The lowest BCUT2D eigenvalue weighted by Crippen LogP contribution is -2.38. The van der Waals surface area contributed by atoms with Gasteiger partial charge >= 0.3 is 0 Å². The fourth-order valence-corrected chi connectivity index (χ4v) is 3.09. The van der Waals surface area contributed by atoms with Gasteiger partial charge in [0.25, 0.3) is 5.91 Å². The number of rotatable bonds is 7. The first kappa shape index (κ1) is 20.3. The lowest BCUT2D eigenvalue weighted by Gasteiger charge is -2.22. The van der Waals surface area contributed by atoms with Gasteiger partial charge in [-0.3, -0.25) is 9.59 Å². The number of amides is 2. The van der Waals surface area contributed by atoms with Crippen LogP contribution in [0.3, 0.4) is 0 Å². The van der Waals surface area contributed by atoms with Crippen LogP contribution in [0.15, 0.2) is 60.9 Å². The summed E-state index contributed by atoms with van der Waals surface area (Å²) in [4.78, 5) is 27.1. The molecule has 0 radical (unpaired) electrons. The van der Waals surface area contributed by atoms with E-state index >= 15 is 0 Å². The highest BCUT2D eigenvalue weighted by atomic mass is 16.2. The van der Waals surface area contributed by atoms with Crippen molar-refractivity contribution >= 4 is 17.5 Å². The standard InChI is InChI=1S/C23H26N4O2/c1-4-13-26(16-22(28)25-21-8-6-5-7-18(21)3)23(29)19-9-11-20(12-10-19)27-15-17(2)14-24-27/h5-12,14-15H,4,13,16H2,1-3H3,(H,25,28). The molecule has 150 valence electrons. The summed E-state index contributed by atoms with van der Waals surface area (Å²) in [7, 11) is 0. The van der Waals surface area contributed by atoms with Crippen molar-refractivity contribution in [2.45, 2.75) is 27.2 Å². The molecule has 0 unspecified atom stereocenters. The molecule has 1 heterocycles. The maximum absolute atomic E-state index is 13.0. The van der Waals surface area contributed by atoms with Crippen molar-refractivity contribution in [3.05, 3.63) is 77.6 Å². The average molecular weight is 390 g/mol. The lowest BCUT2D eigenvalue weighted by molar-refractivity contribution is -0.116. The maximum atomic E-state index is 13.0. The van der Waals surface area contributed by atoms with E-state index < -0.39 is 0 Å². The number of hydrogen-bond donors (Lipinski definition) is 1. The van der Waals surface area contributed by atoms with Crippen molar-refractivity contribution < 1.29 is 9.59 Å². The predicted molar refractivity (Wildman–Crippen MR) is 114 cm³/mol. The second-order valence-electron chi connectivity index (χ2n) is 7.10. The molecule has 3 aromatic rings. The quantitative estimate of drug-likeness (QED) is 0.663. The summed E-state index contributed by atoms with van der Waals surface area (Å²) in [6.45, 7) is 6.43. The van der Waals surface area contributed by atoms with Crippen LogP contribution in [0.1, 0.15) is 34.8 Å². The number of benzene rings is 2. The van der Waals surface area contributed by atoms with Gasteiger partial charge in [-0.2, -0.15) is 5.10 Å². The Bertz CT molecular complexity index is 992. The molecule has 0 aliphatic rings. The Morgan fingerprint density at radius 1 is 1.07 bits per heavy atom. The van der Waals surface area contributed by atoms with Crippen LogP contribution in [0, 0.1) is 13.8 Å². The van der Waals surface area contributed by atoms with Crippen LogP contribution in [0.2, 0.25) is 0 Å². The van der Waals surface area contributed by atoms with E-state index in [1.165, 1.54) is 0 Å². The van der Waals surface area contributed by atoms with Crippen molar-refractivity contribution in [2.24, 2.45) is 0 Å². The summed E-state index contributed by atoms with van der Waals surface area (Å²) < 4.78 is 1.77. The average Bonchev–Trinajstić information content (AvgIpc) is 3.15. The number of para-hydroxylation sites is 1. The number of anilines is 1. The molecule has 0 bridgehead atoms. The smallest absolute Gasteiger partial charge is 0.254 e. The molecular formula is C23H26N4O2. The summed E-state index contributed by atoms with van der Waals surface area (Å²) in [5.41, 5.74) is 4.25. The summed E-state index contributed by atoms with van der Waals surface area (Å²) >= 11 is 0. The Labute approximate surface area is 171 Å². The number of carbonyl (C=O) groups excluding carboxylic acids is 2. The Morgan fingerprint density at radius 3 is 2.41 bits per heavy atom. The Hall–Kier alpha value is -3.41. The molecular weight excluding hydrogens is 364 g/mol. The van der Waals surface area contributed by atoms with Crippen LogP contribution < -0.4 is 5.32 Å². The minimum Gasteiger partial charge on any atom is -0.329 e. The summed E-state index contributed by atoms with van der Waals surface area (Å²) in [5.74, 6) is -0.361. The molecule has 1 N–H and O–H groups in total. The Morgan fingerprint density at radius 2 is 1.79 bits per heavy atom. The van der Waals surface area contributed by atoms with Crippen molar-refractivity contribution in [2.75, 3.05) is 18.4 Å². The first-order valence-corrected chi connectivity index (χ1v) is 9.74. The number of hydrogen-bond acceptors (Lipinski definition) is 3. The maximum Gasteiger partial charge on any atom is 0.254 e. The van der Waals surface area contributed by atoms with E-state index in [1.54, 1.807) is 27.9 Å². The van der Waals surface area contributed by atoms with Gasteiger partial charge in [-0.1, -0.05) is 25.1 Å². The molecule has 1 aromatic heterocycles. The third-order valence-corrected chi connectivity index (χ3v) is 4.62. The van der Waals surface area contributed by atoms with Gasteiger partial charge in [0, 0.05) is 24.0 Å². The first-order chi connectivity index (χ1) is 14.0. The minimum absolute atomic E-state index is 0.0150. The molecule has 2 amide bonds. The third kappa shape index (κ3) is 5.10. The zero-order chi connectivity index (χ0) is 20.8. The van der Waals surface area contributed by atoms with Gasteiger partial charge in [0.1, 0.15) is 6.54 Å². The van der Waals surface area contributed by atoms with Gasteiger partial charge in [-0.25, -0.2) is 4.68 Å². The highest BCUT2D eigenvalue weighted by molar-refractivity contribution is 5.99. The van der Waals surface area contributed by atoms with Crippen LogP contribution in [0.5, 0.6) is 0 Å². The highest BCUT2D eigenvalue weighted by Gasteiger charge is 2.18. The largest absolute Gasteiger partial charge is 0.329 e. The van der Waals surface area contributed by atoms with Crippen LogP contribution >= 0.6 is 0 Å². The van der Waals surface area contributed by atoms with E-state index in [4.69, 9.17) is 0 Å². The molecule has 6 heteroatoms. The number of nitrogens with zero attached hydrogens (tertiary/aromatic N) is 3. The molecule has 29 heavy (non-hydrogen) atoms. The van der Waals surface area contributed by atoms with Crippen molar-refractivity contribution in [3.8, 4) is 5.69 Å². The van der Waals surface area contributed by atoms with Gasteiger partial charge in [-0.15, -0.1) is 0 Å². The third-order valence-electron chi connectivity index (χ3n) is 4.62. The minimum atomic E-state index is -0.204.